The fourth-order valence-electron chi connectivity index (χ4n) is 1.80. The zero-order valence-corrected chi connectivity index (χ0v) is 11.3. The van der Waals surface area contributed by atoms with Crippen LogP contribution in [0.3, 0.4) is 0 Å². The van der Waals surface area contributed by atoms with Crippen LogP contribution < -0.4 is 15.0 Å². The second kappa shape index (κ2) is 5.61. The fourth-order valence-corrected chi connectivity index (χ4v) is 1.80. The quantitative estimate of drug-likeness (QED) is 0.908. The number of hydrogen-bond donors (Lipinski definition) is 1. The van der Waals surface area contributed by atoms with Crippen molar-refractivity contribution < 1.29 is 9.13 Å². The summed E-state index contributed by atoms with van der Waals surface area (Å²) in [7, 11) is 5.51. The van der Waals surface area contributed by atoms with Crippen molar-refractivity contribution in [2.75, 3.05) is 31.4 Å². The summed E-state index contributed by atoms with van der Waals surface area (Å²) in [5, 5.41) is 3.17. The summed E-state index contributed by atoms with van der Waals surface area (Å²) in [5.41, 5.74) is 2.56. The molecule has 0 aliphatic rings. The van der Waals surface area contributed by atoms with Gasteiger partial charge in [-0.25, -0.2) is 4.39 Å². The monoisotopic (exact) mass is 260 g/mol. The van der Waals surface area contributed by atoms with Crippen LogP contribution in [0.2, 0.25) is 0 Å². The topological polar surface area (TPSA) is 24.5 Å². The third kappa shape index (κ3) is 3.16. The first-order valence-corrected chi connectivity index (χ1v) is 5.98. The lowest BCUT2D eigenvalue weighted by atomic mass is 10.2. The molecule has 0 amide bonds. The molecule has 0 saturated carbocycles. The number of nitrogens with one attached hydrogen (secondary N) is 1. The van der Waals surface area contributed by atoms with E-state index < -0.39 is 0 Å². The SMILES string of the molecule is COc1ccc(F)cc1Nc1cccc(N(C)C)c1. The van der Waals surface area contributed by atoms with E-state index in [4.69, 9.17) is 4.74 Å². The Morgan fingerprint density at radius 1 is 1.11 bits per heavy atom. The van der Waals surface area contributed by atoms with Gasteiger partial charge in [-0.2, -0.15) is 0 Å². The molecule has 19 heavy (non-hydrogen) atoms. The van der Waals surface area contributed by atoms with Gasteiger partial charge in [0, 0.05) is 31.5 Å². The van der Waals surface area contributed by atoms with Gasteiger partial charge < -0.3 is 15.0 Å². The Morgan fingerprint density at radius 3 is 2.58 bits per heavy atom. The van der Waals surface area contributed by atoms with Gasteiger partial charge in [0.05, 0.1) is 12.8 Å². The summed E-state index contributed by atoms with van der Waals surface area (Å²) >= 11 is 0. The van der Waals surface area contributed by atoms with Crippen molar-refractivity contribution in [3.8, 4) is 5.75 Å². The minimum atomic E-state index is -0.299. The highest BCUT2D eigenvalue weighted by atomic mass is 19.1. The molecule has 3 nitrogen and oxygen atoms in total. The molecule has 0 bridgehead atoms. The fraction of sp³-hybridized carbons (Fsp3) is 0.200. The summed E-state index contributed by atoms with van der Waals surface area (Å²) in [4.78, 5) is 2.01. The normalized spacial score (nSPS) is 10.1. The maximum atomic E-state index is 13.3. The first-order valence-electron chi connectivity index (χ1n) is 5.98. The average Bonchev–Trinajstić information content (AvgIpc) is 2.39. The number of nitrogens with zero attached hydrogens (tertiary/aromatic N) is 1. The van der Waals surface area contributed by atoms with Crippen molar-refractivity contribution in [1.29, 1.82) is 0 Å². The van der Waals surface area contributed by atoms with Crippen molar-refractivity contribution >= 4 is 17.1 Å². The van der Waals surface area contributed by atoms with E-state index in [2.05, 4.69) is 5.32 Å². The predicted octanol–water partition coefficient (Wildman–Crippen LogP) is 3.64. The highest BCUT2D eigenvalue weighted by molar-refractivity contribution is 5.69. The number of methoxy groups -OCH3 is 1. The zero-order chi connectivity index (χ0) is 13.8. The van der Waals surface area contributed by atoms with Crippen molar-refractivity contribution in [2.45, 2.75) is 0 Å². The number of benzene rings is 2. The largest absolute Gasteiger partial charge is 0.495 e. The van der Waals surface area contributed by atoms with E-state index >= 15 is 0 Å². The van der Waals surface area contributed by atoms with E-state index in [0.29, 0.717) is 11.4 Å². The van der Waals surface area contributed by atoms with Crippen LogP contribution in [-0.4, -0.2) is 21.2 Å². The molecule has 0 aliphatic heterocycles. The third-order valence-corrected chi connectivity index (χ3v) is 2.80. The summed E-state index contributed by atoms with van der Waals surface area (Å²) in [6, 6.07) is 12.3. The average molecular weight is 260 g/mol. The molecule has 100 valence electrons. The molecule has 2 rings (SSSR count). The van der Waals surface area contributed by atoms with E-state index in [1.807, 2.05) is 43.3 Å². The molecule has 2 aromatic rings. The van der Waals surface area contributed by atoms with Gasteiger partial charge in [0.2, 0.25) is 0 Å². The van der Waals surface area contributed by atoms with Crippen LogP contribution in [0, 0.1) is 5.82 Å². The molecular formula is C15H17FN2O. The van der Waals surface area contributed by atoms with Gasteiger partial charge in [0.1, 0.15) is 11.6 Å². The Labute approximate surface area is 112 Å². The van der Waals surface area contributed by atoms with Gasteiger partial charge in [-0.05, 0) is 30.3 Å². The number of halogens is 1. The maximum Gasteiger partial charge on any atom is 0.142 e. The summed E-state index contributed by atoms with van der Waals surface area (Å²) in [6.07, 6.45) is 0. The van der Waals surface area contributed by atoms with E-state index in [1.165, 1.54) is 12.1 Å². The maximum absolute atomic E-state index is 13.3. The van der Waals surface area contributed by atoms with Crippen LogP contribution in [0.4, 0.5) is 21.5 Å². The standard InChI is InChI=1S/C15H17FN2O/c1-18(2)13-6-4-5-12(10-13)17-14-9-11(16)7-8-15(14)19-3/h4-10,17H,1-3H3. The first-order chi connectivity index (χ1) is 9.10. The third-order valence-electron chi connectivity index (χ3n) is 2.80. The number of hydrogen-bond acceptors (Lipinski definition) is 3. The number of rotatable bonds is 4. The second-order valence-corrected chi connectivity index (χ2v) is 4.41. The Balaban J connectivity index is 2.30. The molecule has 0 radical (unpaired) electrons. The highest BCUT2D eigenvalue weighted by Crippen LogP contribution is 2.29. The summed E-state index contributed by atoms with van der Waals surface area (Å²) < 4.78 is 18.5. The molecule has 1 N–H and O–H groups in total. The van der Waals surface area contributed by atoms with Gasteiger partial charge in [-0.1, -0.05) is 6.07 Å². The summed E-state index contributed by atoms with van der Waals surface area (Å²) in [5.74, 6) is 0.309. The molecule has 0 spiro atoms. The van der Waals surface area contributed by atoms with Crippen molar-refractivity contribution in [3.63, 3.8) is 0 Å². The highest BCUT2D eigenvalue weighted by Gasteiger charge is 2.05. The van der Waals surface area contributed by atoms with Gasteiger partial charge in [-0.3, -0.25) is 0 Å². The van der Waals surface area contributed by atoms with Crippen LogP contribution in [0.15, 0.2) is 42.5 Å². The number of anilines is 3. The van der Waals surface area contributed by atoms with Gasteiger partial charge >= 0.3 is 0 Å². The molecule has 4 heteroatoms. The van der Waals surface area contributed by atoms with Crippen LogP contribution >= 0.6 is 0 Å². The molecule has 0 saturated heterocycles. The van der Waals surface area contributed by atoms with Crippen molar-refractivity contribution in [1.82, 2.24) is 0 Å². The van der Waals surface area contributed by atoms with E-state index in [1.54, 1.807) is 13.2 Å². The van der Waals surface area contributed by atoms with Gasteiger partial charge in [-0.15, -0.1) is 0 Å². The predicted molar refractivity (Wildman–Crippen MR) is 77.0 cm³/mol. The lowest BCUT2D eigenvalue weighted by Gasteiger charge is -2.15. The number of ether oxygens (including phenoxy) is 1. The zero-order valence-electron chi connectivity index (χ0n) is 11.3. The van der Waals surface area contributed by atoms with Crippen molar-refractivity contribution in [2.24, 2.45) is 0 Å². The van der Waals surface area contributed by atoms with E-state index in [-0.39, 0.29) is 5.82 Å². The molecular weight excluding hydrogens is 243 g/mol. The van der Waals surface area contributed by atoms with Crippen LogP contribution in [-0.2, 0) is 0 Å². The van der Waals surface area contributed by atoms with E-state index in [9.17, 15) is 4.39 Å². The molecule has 0 unspecified atom stereocenters. The van der Waals surface area contributed by atoms with Crippen LogP contribution in [0.25, 0.3) is 0 Å². The van der Waals surface area contributed by atoms with E-state index in [0.717, 1.165) is 11.4 Å². The summed E-state index contributed by atoms with van der Waals surface area (Å²) in [6.45, 7) is 0. The Bertz CT molecular complexity index is 570. The minimum absolute atomic E-state index is 0.299. The Morgan fingerprint density at radius 2 is 1.89 bits per heavy atom. The molecule has 2 aromatic carbocycles. The van der Waals surface area contributed by atoms with Gasteiger partial charge in [0.25, 0.3) is 0 Å². The van der Waals surface area contributed by atoms with Crippen molar-refractivity contribution in [3.05, 3.63) is 48.3 Å². The smallest absolute Gasteiger partial charge is 0.142 e. The molecule has 0 heterocycles. The molecule has 0 fully saturated rings. The molecule has 0 atom stereocenters. The minimum Gasteiger partial charge on any atom is -0.495 e. The lowest BCUT2D eigenvalue weighted by Crippen LogP contribution is -2.08. The molecule has 0 aliphatic carbocycles. The Hall–Kier alpha value is -2.23. The van der Waals surface area contributed by atoms with Gasteiger partial charge in [0.15, 0.2) is 0 Å². The second-order valence-electron chi connectivity index (χ2n) is 4.41. The van der Waals surface area contributed by atoms with Crippen LogP contribution in [0.5, 0.6) is 5.75 Å². The molecule has 0 aromatic heterocycles. The first kappa shape index (κ1) is 13.2. The lowest BCUT2D eigenvalue weighted by molar-refractivity contribution is 0.416. The Kier molecular flexibility index (Phi) is 3.90. The van der Waals surface area contributed by atoms with Crippen LogP contribution in [0.1, 0.15) is 0 Å².